The minimum atomic E-state index is -3.49. The van der Waals surface area contributed by atoms with Crippen molar-refractivity contribution in [1.29, 1.82) is 0 Å². The van der Waals surface area contributed by atoms with E-state index in [9.17, 15) is 13.2 Å². The van der Waals surface area contributed by atoms with Crippen molar-refractivity contribution in [2.45, 2.75) is 4.90 Å². The summed E-state index contributed by atoms with van der Waals surface area (Å²) >= 11 is 0. The minimum absolute atomic E-state index is 0.0547. The van der Waals surface area contributed by atoms with Crippen molar-refractivity contribution in [1.82, 2.24) is 4.98 Å². The number of sulfone groups is 1. The molecule has 0 fully saturated rings. The predicted molar refractivity (Wildman–Crippen MR) is 74.1 cm³/mol. The molecule has 2 aromatic rings. The Hall–Kier alpha value is -2.21. The number of rotatable bonds is 3. The van der Waals surface area contributed by atoms with Gasteiger partial charge < -0.3 is 4.74 Å². The highest BCUT2D eigenvalue weighted by molar-refractivity contribution is 7.90. The van der Waals surface area contributed by atoms with E-state index in [0.29, 0.717) is 11.3 Å². The molecule has 5 nitrogen and oxygen atoms in total. The zero-order valence-corrected chi connectivity index (χ0v) is 11.8. The summed E-state index contributed by atoms with van der Waals surface area (Å²) in [6.07, 6.45) is 2.67. The highest BCUT2D eigenvalue weighted by atomic mass is 32.2. The van der Waals surface area contributed by atoms with Gasteiger partial charge in [-0.05, 0) is 24.3 Å². The molecule has 104 valence electrons. The summed E-state index contributed by atoms with van der Waals surface area (Å²) in [7, 11) is -2.25. The van der Waals surface area contributed by atoms with Gasteiger partial charge in [-0.1, -0.05) is 12.1 Å². The van der Waals surface area contributed by atoms with Gasteiger partial charge in [0.15, 0.2) is 9.84 Å². The number of esters is 1. The predicted octanol–water partition coefficient (Wildman–Crippen LogP) is 1.94. The van der Waals surface area contributed by atoms with Crippen LogP contribution in [0.25, 0.3) is 11.3 Å². The fraction of sp³-hybridized carbons (Fsp3) is 0.143. The Balaban J connectivity index is 2.68. The first kappa shape index (κ1) is 14.2. The SMILES string of the molecule is COC(=O)c1ccc(-c2ccccn2)c(S(C)(=O)=O)c1. The zero-order valence-electron chi connectivity index (χ0n) is 11.0. The van der Waals surface area contributed by atoms with Crippen molar-refractivity contribution >= 4 is 15.8 Å². The Morgan fingerprint density at radius 1 is 1.20 bits per heavy atom. The van der Waals surface area contributed by atoms with Crippen molar-refractivity contribution in [2.75, 3.05) is 13.4 Å². The largest absolute Gasteiger partial charge is 0.465 e. The van der Waals surface area contributed by atoms with Crippen LogP contribution in [0.15, 0.2) is 47.5 Å². The molecule has 0 saturated heterocycles. The molecule has 2 rings (SSSR count). The fourth-order valence-corrected chi connectivity index (χ4v) is 2.72. The van der Waals surface area contributed by atoms with E-state index in [1.54, 1.807) is 30.5 Å². The van der Waals surface area contributed by atoms with Gasteiger partial charge >= 0.3 is 5.97 Å². The number of aromatic nitrogens is 1. The molecule has 0 saturated carbocycles. The minimum Gasteiger partial charge on any atom is -0.465 e. The zero-order chi connectivity index (χ0) is 14.8. The highest BCUT2D eigenvalue weighted by Crippen LogP contribution is 2.27. The van der Waals surface area contributed by atoms with Crippen molar-refractivity contribution in [3.63, 3.8) is 0 Å². The maximum atomic E-state index is 11.9. The second kappa shape index (κ2) is 5.42. The molecule has 20 heavy (non-hydrogen) atoms. The topological polar surface area (TPSA) is 73.3 Å². The van der Waals surface area contributed by atoms with E-state index in [4.69, 9.17) is 0 Å². The van der Waals surface area contributed by atoms with Crippen molar-refractivity contribution in [2.24, 2.45) is 0 Å². The van der Waals surface area contributed by atoms with E-state index in [1.807, 2.05) is 0 Å². The summed E-state index contributed by atoms with van der Waals surface area (Å²) in [6.45, 7) is 0. The second-order valence-corrected chi connectivity index (χ2v) is 6.17. The van der Waals surface area contributed by atoms with Crippen LogP contribution >= 0.6 is 0 Å². The molecule has 0 bridgehead atoms. The monoisotopic (exact) mass is 291 g/mol. The van der Waals surface area contributed by atoms with Crippen LogP contribution in [0.4, 0.5) is 0 Å². The molecule has 1 aromatic heterocycles. The molecule has 0 atom stereocenters. The number of ether oxygens (including phenoxy) is 1. The van der Waals surface area contributed by atoms with Gasteiger partial charge in [0, 0.05) is 18.0 Å². The molecule has 0 aliphatic carbocycles. The molecule has 0 N–H and O–H groups in total. The summed E-state index contributed by atoms with van der Waals surface area (Å²) < 4.78 is 28.4. The number of hydrogen-bond donors (Lipinski definition) is 0. The molecule has 1 aromatic carbocycles. The lowest BCUT2D eigenvalue weighted by Gasteiger charge is -2.09. The number of benzene rings is 1. The Bertz CT molecular complexity index is 739. The molecule has 0 aliphatic heterocycles. The van der Waals surface area contributed by atoms with E-state index < -0.39 is 15.8 Å². The first-order valence-corrected chi connectivity index (χ1v) is 7.66. The van der Waals surface area contributed by atoms with Crippen LogP contribution in [-0.2, 0) is 14.6 Å². The third-order valence-electron chi connectivity index (χ3n) is 2.74. The number of methoxy groups -OCH3 is 1. The highest BCUT2D eigenvalue weighted by Gasteiger charge is 2.18. The average Bonchev–Trinajstić information content (AvgIpc) is 2.46. The van der Waals surface area contributed by atoms with Gasteiger partial charge in [0.05, 0.1) is 23.3 Å². The van der Waals surface area contributed by atoms with Gasteiger partial charge in [0.25, 0.3) is 0 Å². The average molecular weight is 291 g/mol. The Labute approximate surface area is 117 Å². The summed E-state index contributed by atoms with van der Waals surface area (Å²) in [5, 5.41) is 0. The van der Waals surface area contributed by atoms with Gasteiger partial charge in [0.1, 0.15) is 0 Å². The van der Waals surface area contributed by atoms with E-state index in [1.165, 1.54) is 19.2 Å². The number of carbonyl (C=O) groups excluding carboxylic acids is 1. The third kappa shape index (κ3) is 2.85. The standard InChI is InChI=1S/C14H13NO4S/c1-19-14(16)10-6-7-11(12-5-3-4-8-15-12)13(9-10)20(2,17)18/h3-9H,1-2H3. The number of pyridine rings is 1. The molecule has 1 heterocycles. The molecular weight excluding hydrogens is 278 g/mol. The van der Waals surface area contributed by atoms with Crippen LogP contribution in [0.3, 0.4) is 0 Å². The summed E-state index contributed by atoms with van der Waals surface area (Å²) in [6, 6.07) is 9.61. The Morgan fingerprint density at radius 3 is 2.50 bits per heavy atom. The maximum Gasteiger partial charge on any atom is 0.337 e. The molecular formula is C14H13NO4S. The quantitative estimate of drug-likeness (QED) is 0.808. The summed E-state index contributed by atoms with van der Waals surface area (Å²) in [5.74, 6) is -0.581. The van der Waals surface area contributed by atoms with Crippen LogP contribution in [0.5, 0.6) is 0 Å². The third-order valence-corrected chi connectivity index (χ3v) is 3.88. The van der Waals surface area contributed by atoms with E-state index in [0.717, 1.165) is 6.26 Å². The Morgan fingerprint density at radius 2 is 1.95 bits per heavy atom. The lowest BCUT2D eigenvalue weighted by molar-refractivity contribution is 0.0600. The second-order valence-electron chi connectivity index (χ2n) is 4.19. The maximum absolute atomic E-state index is 11.9. The van der Waals surface area contributed by atoms with Crippen LogP contribution in [0.2, 0.25) is 0 Å². The number of nitrogens with zero attached hydrogens (tertiary/aromatic N) is 1. The number of carbonyl (C=O) groups is 1. The normalized spacial score (nSPS) is 11.1. The molecule has 0 spiro atoms. The molecule has 0 aliphatic rings. The summed E-state index contributed by atoms with van der Waals surface area (Å²) in [5.41, 5.74) is 1.18. The summed E-state index contributed by atoms with van der Waals surface area (Å²) in [4.78, 5) is 15.7. The first-order chi connectivity index (χ1) is 9.43. The Kier molecular flexibility index (Phi) is 3.85. The molecule has 0 amide bonds. The smallest absolute Gasteiger partial charge is 0.337 e. The van der Waals surface area contributed by atoms with Gasteiger partial charge in [-0.15, -0.1) is 0 Å². The van der Waals surface area contributed by atoms with E-state index in [2.05, 4.69) is 9.72 Å². The van der Waals surface area contributed by atoms with Crippen molar-refractivity contribution < 1.29 is 17.9 Å². The van der Waals surface area contributed by atoms with E-state index >= 15 is 0 Å². The van der Waals surface area contributed by atoms with E-state index in [-0.39, 0.29) is 10.5 Å². The van der Waals surface area contributed by atoms with Gasteiger partial charge in [0.2, 0.25) is 0 Å². The van der Waals surface area contributed by atoms with Crippen molar-refractivity contribution in [3.8, 4) is 11.3 Å². The van der Waals surface area contributed by atoms with Gasteiger partial charge in [-0.2, -0.15) is 0 Å². The van der Waals surface area contributed by atoms with Crippen LogP contribution in [-0.4, -0.2) is 32.7 Å². The van der Waals surface area contributed by atoms with Crippen molar-refractivity contribution in [3.05, 3.63) is 48.2 Å². The van der Waals surface area contributed by atoms with Gasteiger partial charge in [-0.25, -0.2) is 13.2 Å². The molecule has 0 unspecified atom stereocenters. The number of hydrogen-bond acceptors (Lipinski definition) is 5. The molecule has 6 heteroatoms. The fourth-order valence-electron chi connectivity index (χ4n) is 1.81. The van der Waals surface area contributed by atoms with Crippen LogP contribution in [0, 0.1) is 0 Å². The first-order valence-electron chi connectivity index (χ1n) is 5.77. The van der Waals surface area contributed by atoms with Crippen LogP contribution < -0.4 is 0 Å². The molecule has 0 radical (unpaired) electrons. The lowest BCUT2D eigenvalue weighted by Crippen LogP contribution is -2.06. The lowest BCUT2D eigenvalue weighted by atomic mass is 10.1. The van der Waals surface area contributed by atoms with Crippen LogP contribution in [0.1, 0.15) is 10.4 Å². The van der Waals surface area contributed by atoms with Gasteiger partial charge in [-0.3, -0.25) is 4.98 Å².